The van der Waals surface area contributed by atoms with E-state index in [1.165, 1.54) is 15.8 Å². The molecule has 0 nitrogen and oxygen atoms in total. The Kier molecular flexibility index (Phi) is 2.83. The van der Waals surface area contributed by atoms with E-state index in [1.807, 2.05) is 0 Å². The lowest BCUT2D eigenvalue weighted by atomic mass is 10.1. The first-order chi connectivity index (χ1) is 5.84. The summed E-state index contributed by atoms with van der Waals surface area (Å²) in [6.07, 6.45) is 0. The van der Waals surface area contributed by atoms with Crippen molar-refractivity contribution in [3.8, 4) is 0 Å². The topological polar surface area (TPSA) is 0 Å². The maximum Gasteiger partial charge on any atom is 0.0779 e. The molecule has 0 unspecified atom stereocenters. The van der Waals surface area contributed by atoms with Crippen LogP contribution in [0.15, 0.2) is 12.1 Å². The first kappa shape index (κ1) is 10.7. The molecule has 0 spiro atoms. The highest BCUT2D eigenvalue weighted by molar-refractivity contribution is 6.89. The van der Waals surface area contributed by atoms with E-state index in [4.69, 9.17) is 0 Å². The fraction of sp³-hybridized carbons (Fsp3) is 0.455. The molecule has 0 aliphatic heterocycles. The third-order valence-corrected chi connectivity index (χ3v) is 6.56. The monoisotopic (exact) mass is 208 g/mol. The third kappa shape index (κ3) is 2.12. The van der Waals surface area contributed by atoms with E-state index in [0.29, 0.717) is 0 Å². The summed E-state index contributed by atoms with van der Waals surface area (Å²) in [6.45, 7) is 11.8. The summed E-state index contributed by atoms with van der Waals surface area (Å²) in [6, 6.07) is 4.64. The second kappa shape index (κ2) is 3.42. The Morgan fingerprint density at radius 1 is 1.08 bits per heavy atom. The van der Waals surface area contributed by atoms with Gasteiger partial charge >= 0.3 is 0 Å². The van der Waals surface area contributed by atoms with Crippen LogP contribution in [0.2, 0.25) is 19.6 Å². The van der Waals surface area contributed by atoms with Crippen LogP contribution in [0.1, 0.15) is 11.1 Å². The van der Waals surface area contributed by atoms with Crippen LogP contribution in [0.25, 0.3) is 0 Å². The SMILES string of the molecule is Cc1ccc([Si](C)(C)C)c(C)c1[SiH3]. The van der Waals surface area contributed by atoms with E-state index in [2.05, 4.69) is 45.6 Å². The van der Waals surface area contributed by atoms with Gasteiger partial charge < -0.3 is 0 Å². The largest absolute Gasteiger partial charge is 0.0779 e. The molecule has 0 heterocycles. The summed E-state index contributed by atoms with van der Waals surface area (Å²) in [5, 5.41) is 3.25. The predicted molar refractivity (Wildman–Crippen MR) is 68.5 cm³/mol. The van der Waals surface area contributed by atoms with Crippen molar-refractivity contribution in [2.24, 2.45) is 0 Å². The van der Waals surface area contributed by atoms with Crippen molar-refractivity contribution in [2.75, 3.05) is 0 Å². The van der Waals surface area contributed by atoms with Crippen molar-refractivity contribution >= 4 is 28.7 Å². The lowest BCUT2D eigenvalue weighted by Gasteiger charge is -2.21. The van der Waals surface area contributed by atoms with Crippen LogP contribution in [-0.2, 0) is 0 Å². The summed E-state index contributed by atoms with van der Waals surface area (Å²) in [5.74, 6) is 0. The zero-order valence-corrected chi connectivity index (χ0v) is 12.7. The van der Waals surface area contributed by atoms with Gasteiger partial charge in [-0.25, -0.2) is 0 Å². The van der Waals surface area contributed by atoms with Crippen molar-refractivity contribution in [1.29, 1.82) is 0 Å². The van der Waals surface area contributed by atoms with Crippen molar-refractivity contribution in [3.05, 3.63) is 23.3 Å². The maximum absolute atomic E-state index is 2.42. The highest BCUT2D eigenvalue weighted by Gasteiger charge is 2.19. The molecule has 0 aliphatic rings. The molecule has 0 aromatic heterocycles. The molecular weight excluding hydrogens is 188 g/mol. The minimum atomic E-state index is -1.11. The fourth-order valence-corrected chi connectivity index (χ4v) is 4.35. The molecule has 72 valence electrons. The van der Waals surface area contributed by atoms with Crippen LogP contribution in [0.4, 0.5) is 0 Å². The average molecular weight is 208 g/mol. The van der Waals surface area contributed by atoms with Gasteiger partial charge in [-0.05, 0) is 13.8 Å². The molecule has 0 aliphatic carbocycles. The second-order valence-electron chi connectivity index (χ2n) is 4.93. The molecular formula is C11H20Si2. The molecule has 0 bridgehead atoms. The molecule has 0 saturated carbocycles. The van der Waals surface area contributed by atoms with Gasteiger partial charge in [-0.1, -0.05) is 53.3 Å². The summed E-state index contributed by atoms with van der Waals surface area (Å²) in [5.41, 5.74) is 3.05. The highest BCUT2D eigenvalue weighted by atomic mass is 28.3. The van der Waals surface area contributed by atoms with E-state index < -0.39 is 8.07 Å². The van der Waals surface area contributed by atoms with Gasteiger partial charge in [-0.15, -0.1) is 0 Å². The number of benzene rings is 1. The molecule has 0 N–H and O–H groups in total. The van der Waals surface area contributed by atoms with E-state index in [-0.39, 0.29) is 0 Å². The maximum atomic E-state index is 2.42. The normalized spacial score (nSPS) is 12.1. The van der Waals surface area contributed by atoms with Gasteiger partial charge in [0.1, 0.15) is 0 Å². The minimum Gasteiger partial charge on any atom is -0.0656 e. The fourth-order valence-electron chi connectivity index (χ4n) is 1.77. The molecule has 13 heavy (non-hydrogen) atoms. The smallest absolute Gasteiger partial charge is 0.0656 e. The van der Waals surface area contributed by atoms with Crippen molar-refractivity contribution in [2.45, 2.75) is 33.5 Å². The lowest BCUT2D eigenvalue weighted by molar-refractivity contribution is 1.45. The average Bonchev–Trinajstić information content (AvgIpc) is 1.98. The third-order valence-electron chi connectivity index (χ3n) is 2.87. The van der Waals surface area contributed by atoms with Gasteiger partial charge in [0.05, 0.1) is 8.07 Å². The Morgan fingerprint density at radius 2 is 1.62 bits per heavy atom. The summed E-state index contributed by atoms with van der Waals surface area (Å²) >= 11 is 0. The van der Waals surface area contributed by atoms with Gasteiger partial charge in [0.15, 0.2) is 0 Å². The van der Waals surface area contributed by atoms with Crippen LogP contribution >= 0.6 is 0 Å². The Morgan fingerprint density at radius 3 is 2.08 bits per heavy atom. The molecule has 1 aromatic rings. The zero-order valence-electron chi connectivity index (χ0n) is 9.65. The van der Waals surface area contributed by atoms with Crippen LogP contribution in [-0.4, -0.2) is 18.3 Å². The van der Waals surface area contributed by atoms with Crippen LogP contribution in [0.5, 0.6) is 0 Å². The zero-order chi connectivity index (χ0) is 10.2. The van der Waals surface area contributed by atoms with Crippen LogP contribution in [0, 0.1) is 13.8 Å². The van der Waals surface area contributed by atoms with Gasteiger partial charge in [0.25, 0.3) is 0 Å². The van der Waals surface area contributed by atoms with Gasteiger partial charge in [-0.3, -0.25) is 0 Å². The van der Waals surface area contributed by atoms with Crippen LogP contribution in [0.3, 0.4) is 0 Å². The number of hydrogen-bond acceptors (Lipinski definition) is 0. The molecule has 0 fully saturated rings. The first-order valence-corrected chi connectivity index (χ1v) is 9.41. The summed E-state index contributed by atoms with van der Waals surface area (Å²) in [7, 11) is 0.0730. The second-order valence-corrected chi connectivity index (χ2v) is 11.0. The van der Waals surface area contributed by atoms with Crippen molar-refractivity contribution in [3.63, 3.8) is 0 Å². The van der Waals surface area contributed by atoms with E-state index in [1.54, 1.807) is 15.9 Å². The van der Waals surface area contributed by atoms with Crippen LogP contribution < -0.4 is 10.4 Å². The Hall–Kier alpha value is -0.346. The minimum absolute atomic E-state index is 1.11. The molecule has 2 heteroatoms. The van der Waals surface area contributed by atoms with Crippen molar-refractivity contribution in [1.82, 2.24) is 0 Å². The Bertz CT molecular complexity index is 322. The Labute approximate surface area is 85.8 Å². The summed E-state index contributed by atoms with van der Waals surface area (Å²) < 4.78 is 0. The van der Waals surface area contributed by atoms with E-state index in [0.717, 1.165) is 0 Å². The molecule has 1 rings (SSSR count). The Balaban J connectivity index is 3.35. The quantitative estimate of drug-likeness (QED) is 0.600. The van der Waals surface area contributed by atoms with E-state index in [9.17, 15) is 0 Å². The summed E-state index contributed by atoms with van der Waals surface area (Å²) in [4.78, 5) is 0. The van der Waals surface area contributed by atoms with E-state index >= 15 is 0 Å². The molecule has 0 radical (unpaired) electrons. The van der Waals surface area contributed by atoms with Gasteiger partial charge in [0, 0.05) is 10.2 Å². The number of hydrogen-bond donors (Lipinski definition) is 0. The predicted octanol–water partition coefficient (Wildman–Crippen LogP) is 0.839. The molecule has 1 aromatic carbocycles. The molecule has 0 saturated heterocycles. The van der Waals surface area contributed by atoms with Crippen molar-refractivity contribution < 1.29 is 0 Å². The standard InChI is InChI=1S/C11H20Si2/c1-8-6-7-10(13(3,4)5)9(2)11(8)12/h6-7H,1-5,12H3. The number of aryl methyl sites for hydroxylation is 1. The lowest BCUT2D eigenvalue weighted by Crippen LogP contribution is -2.42. The molecule has 0 atom stereocenters. The molecule has 0 amide bonds. The van der Waals surface area contributed by atoms with Gasteiger partial charge in [-0.2, -0.15) is 0 Å². The first-order valence-electron chi connectivity index (χ1n) is 4.91. The van der Waals surface area contributed by atoms with Gasteiger partial charge in [0.2, 0.25) is 0 Å². The highest BCUT2D eigenvalue weighted by Crippen LogP contribution is 2.06. The number of rotatable bonds is 1.